The van der Waals surface area contributed by atoms with E-state index in [1.165, 1.54) is 25.9 Å². The second kappa shape index (κ2) is 5.89. The lowest BCUT2D eigenvalue weighted by Gasteiger charge is -2.23. The Balaban J connectivity index is 1.45. The molecule has 1 aromatic heterocycles. The van der Waals surface area contributed by atoms with Gasteiger partial charge in [-0.2, -0.15) is 0 Å². The fraction of sp³-hybridized carbons (Fsp3) is 0.500. The summed E-state index contributed by atoms with van der Waals surface area (Å²) in [7, 11) is 2.02. The van der Waals surface area contributed by atoms with E-state index in [4.69, 9.17) is 0 Å². The van der Waals surface area contributed by atoms with Crippen molar-refractivity contribution in [1.82, 2.24) is 14.4 Å². The molecule has 2 saturated heterocycles. The number of rotatable bonds is 2. The molecule has 0 radical (unpaired) electrons. The number of fused-ring (bicyclic) bond motifs is 1. The van der Waals surface area contributed by atoms with Crippen molar-refractivity contribution in [2.75, 3.05) is 31.5 Å². The third-order valence-corrected chi connectivity index (χ3v) is 5.28. The normalized spacial score (nSPS) is 22.1. The molecule has 3 heterocycles. The summed E-state index contributed by atoms with van der Waals surface area (Å²) < 4.78 is 2.07. The lowest BCUT2D eigenvalue weighted by atomic mass is 10.2. The van der Waals surface area contributed by atoms with Crippen LogP contribution in [0.3, 0.4) is 0 Å². The molecule has 0 bridgehead atoms. The van der Waals surface area contributed by atoms with Crippen molar-refractivity contribution in [1.29, 1.82) is 0 Å². The predicted molar refractivity (Wildman–Crippen MR) is 92.7 cm³/mol. The Morgan fingerprint density at radius 2 is 2.00 bits per heavy atom. The molecule has 4 rings (SSSR count). The first kappa shape index (κ1) is 14.6. The maximum Gasteiger partial charge on any atom is 0.321 e. The van der Waals surface area contributed by atoms with Gasteiger partial charge in [-0.3, -0.25) is 4.90 Å². The number of aryl methyl sites for hydroxylation is 1. The lowest BCUT2D eigenvalue weighted by molar-refractivity contribution is 0.210. The van der Waals surface area contributed by atoms with E-state index in [2.05, 4.69) is 26.9 Å². The molecule has 1 atom stereocenters. The standard InChI is InChI=1S/C18H24N4O/c1-20-11-8-15-16(5-4-6-17(15)20)19-18(23)22-12-7-14(13-22)21-9-2-3-10-21/h4-6,8,11,14H,2-3,7,9-10,12-13H2,1H3,(H,19,23)/t14-/m0/s1. The van der Waals surface area contributed by atoms with Gasteiger partial charge in [0.15, 0.2) is 0 Å². The van der Waals surface area contributed by atoms with E-state index in [1.807, 2.05) is 30.3 Å². The predicted octanol–water partition coefficient (Wildman–Crippen LogP) is 2.88. The number of nitrogens with one attached hydrogen (secondary N) is 1. The van der Waals surface area contributed by atoms with E-state index < -0.39 is 0 Å². The summed E-state index contributed by atoms with van der Waals surface area (Å²) in [4.78, 5) is 17.1. The van der Waals surface area contributed by atoms with E-state index in [0.717, 1.165) is 36.1 Å². The van der Waals surface area contributed by atoms with Gasteiger partial charge in [-0.15, -0.1) is 0 Å². The van der Waals surface area contributed by atoms with Gasteiger partial charge in [0.2, 0.25) is 0 Å². The summed E-state index contributed by atoms with van der Waals surface area (Å²) in [6.07, 6.45) is 5.74. The Morgan fingerprint density at radius 3 is 2.83 bits per heavy atom. The van der Waals surface area contributed by atoms with Crippen LogP contribution in [0.1, 0.15) is 19.3 Å². The highest BCUT2D eigenvalue weighted by Gasteiger charge is 2.31. The van der Waals surface area contributed by atoms with Gasteiger partial charge >= 0.3 is 6.03 Å². The molecular weight excluding hydrogens is 288 g/mol. The molecule has 2 aliphatic rings. The SMILES string of the molecule is Cn1ccc2c(NC(=O)N3CC[C@H](N4CCCC4)C3)cccc21. The van der Waals surface area contributed by atoms with Crippen LogP contribution in [-0.4, -0.2) is 52.6 Å². The number of carbonyl (C=O) groups excluding carboxylic acids is 1. The van der Waals surface area contributed by atoms with Crippen molar-refractivity contribution in [3.8, 4) is 0 Å². The molecule has 5 nitrogen and oxygen atoms in total. The molecule has 1 aromatic carbocycles. The average Bonchev–Trinajstić information content (AvgIpc) is 3.28. The number of hydrogen-bond acceptors (Lipinski definition) is 2. The topological polar surface area (TPSA) is 40.5 Å². The molecule has 5 heteroatoms. The number of hydrogen-bond donors (Lipinski definition) is 1. The first-order chi connectivity index (χ1) is 11.2. The minimum Gasteiger partial charge on any atom is -0.350 e. The van der Waals surface area contributed by atoms with Crippen molar-refractivity contribution in [2.45, 2.75) is 25.3 Å². The molecule has 2 aliphatic heterocycles. The summed E-state index contributed by atoms with van der Waals surface area (Å²) in [5.41, 5.74) is 2.04. The number of amides is 2. The van der Waals surface area contributed by atoms with Gasteiger partial charge in [0.25, 0.3) is 0 Å². The minimum atomic E-state index is 0.0306. The van der Waals surface area contributed by atoms with Crippen LogP contribution >= 0.6 is 0 Å². The Hall–Kier alpha value is -2.01. The first-order valence-electron chi connectivity index (χ1n) is 8.56. The van der Waals surface area contributed by atoms with Gasteiger partial charge in [0.1, 0.15) is 0 Å². The molecular formula is C18H24N4O. The van der Waals surface area contributed by atoms with Gasteiger partial charge in [0, 0.05) is 43.3 Å². The van der Waals surface area contributed by atoms with Crippen molar-refractivity contribution in [2.24, 2.45) is 7.05 Å². The minimum absolute atomic E-state index is 0.0306. The van der Waals surface area contributed by atoms with Crippen molar-refractivity contribution >= 4 is 22.6 Å². The Kier molecular flexibility index (Phi) is 3.73. The van der Waals surface area contributed by atoms with E-state index in [0.29, 0.717) is 6.04 Å². The van der Waals surface area contributed by atoms with Gasteiger partial charge in [-0.1, -0.05) is 6.07 Å². The number of nitrogens with zero attached hydrogens (tertiary/aromatic N) is 3. The third-order valence-electron chi connectivity index (χ3n) is 5.28. The van der Waals surface area contributed by atoms with Gasteiger partial charge in [-0.25, -0.2) is 4.79 Å². The number of anilines is 1. The van der Waals surface area contributed by atoms with Crippen LogP contribution in [-0.2, 0) is 7.05 Å². The fourth-order valence-corrected chi connectivity index (χ4v) is 3.94. The summed E-state index contributed by atoms with van der Waals surface area (Å²) in [6, 6.07) is 8.69. The smallest absolute Gasteiger partial charge is 0.321 e. The fourth-order valence-electron chi connectivity index (χ4n) is 3.94. The maximum atomic E-state index is 12.6. The van der Waals surface area contributed by atoms with Crippen LogP contribution in [0.15, 0.2) is 30.5 Å². The lowest BCUT2D eigenvalue weighted by Crippen LogP contribution is -2.38. The maximum absolute atomic E-state index is 12.6. The molecule has 0 aliphatic carbocycles. The molecule has 122 valence electrons. The molecule has 23 heavy (non-hydrogen) atoms. The summed E-state index contributed by atoms with van der Waals surface area (Å²) in [5, 5.41) is 4.20. The number of carbonyl (C=O) groups is 1. The zero-order valence-corrected chi connectivity index (χ0v) is 13.7. The largest absolute Gasteiger partial charge is 0.350 e. The van der Waals surface area contributed by atoms with E-state index in [9.17, 15) is 4.79 Å². The monoisotopic (exact) mass is 312 g/mol. The van der Waals surface area contributed by atoms with Crippen LogP contribution in [0.25, 0.3) is 10.9 Å². The molecule has 1 N–H and O–H groups in total. The zero-order chi connectivity index (χ0) is 15.8. The number of urea groups is 1. The Bertz CT molecular complexity index is 717. The molecule has 2 amide bonds. The molecule has 2 aromatic rings. The second-order valence-corrected chi connectivity index (χ2v) is 6.73. The Labute approximate surface area is 136 Å². The van der Waals surface area contributed by atoms with E-state index >= 15 is 0 Å². The van der Waals surface area contributed by atoms with Crippen LogP contribution in [0.5, 0.6) is 0 Å². The average molecular weight is 312 g/mol. The zero-order valence-electron chi connectivity index (χ0n) is 13.7. The quantitative estimate of drug-likeness (QED) is 0.926. The summed E-state index contributed by atoms with van der Waals surface area (Å²) in [5.74, 6) is 0. The van der Waals surface area contributed by atoms with E-state index in [-0.39, 0.29) is 6.03 Å². The number of aromatic nitrogens is 1. The molecule has 2 fully saturated rings. The van der Waals surface area contributed by atoms with Crippen LogP contribution < -0.4 is 5.32 Å². The highest BCUT2D eigenvalue weighted by atomic mass is 16.2. The Morgan fingerprint density at radius 1 is 1.17 bits per heavy atom. The van der Waals surface area contributed by atoms with Gasteiger partial charge in [-0.05, 0) is 50.6 Å². The molecule has 0 spiro atoms. The van der Waals surface area contributed by atoms with Crippen molar-refractivity contribution in [3.05, 3.63) is 30.5 Å². The van der Waals surface area contributed by atoms with Crippen molar-refractivity contribution in [3.63, 3.8) is 0 Å². The molecule has 0 unspecified atom stereocenters. The second-order valence-electron chi connectivity index (χ2n) is 6.73. The summed E-state index contributed by atoms with van der Waals surface area (Å²) >= 11 is 0. The highest BCUT2D eigenvalue weighted by Crippen LogP contribution is 2.25. The first-order valence-corrected chi connectivity index (χ1v) is 8.56. The number of benzene rings is 1. The van der Waals surface area contributed by atoms with Crippen molar-refractivity contribution < 1.29 is 4.79 Å². The van der Waals surface area contributed by atoms with Crippen LogP contribution in [0.4, 0.5) is 10.5 Å². The van der Waals surface area contributed by atoms with Gasteiger partial charge in [0.05, 0.1) is 5.69 Å². The van der Waals surface area contributed by atoms with Gasteiger partial charge < -0.3 is 14.8 Å². The van der Waals surface area contributed by atoms with E-state index in [1.54, 1.807) is 0 Å². The van der Waals surface area contributed by atoms with Crippen LogP contribution in [0, 0.1) is 0 Å². The highest BCUT2D eigenvalue weighted by molar-refractivity contribution is 6.00. The third kappa shape index (κ3) is 2.70. The number of likely N-dealkylation sites (tertiary alicyclic amines) is 2. The van der Waals surface area contributed by atoms with Crippen LogP contribution in [0.2, 0.25) is 0 Å². The molecule has 0 saturated carbocycles. The summed E-state index contributed by atoms with van der Waals surface area (Å²) in [6.45, 7) is 4.11.